The van der Waals surface area contributed by atoms with Gasteiger partial charge in [0.25, 0.3) is 0 Å². The molecule has 10 heavy (non-hydrogen) atoms. The summed E-state index contributed by atoms with van der Waals surface area (Å²) in [5, 5.41) is 0.156. The van der Waals surface area contributed by atoms with Crippen LogP contribution >= 0.6 is 11.6 Å². The van der Waals surface area contributed by atoms with Crippen LogP contribution in [0, 0.1) is 5.82 Å². The Hall–Kier alpha value is -0.890. The SMILES string of the molecule is C=Cc1cnc(Cl)cc1F. The summed E-state index contributed by atoms with van der Waals surface area (Å²) in [5.74, 6) is -0.394. The number of rotatable bonds is 1. The van der Waals surface area contributed by atoms with Crippen LogP contribution in [0.1, 0.15) is 5.56 Å². The maximum Gasteiger partial charge on any atom is 0.135 e. The molecule has 1 heterocycles. The van der Waals surface area contributed by atoms with Gasteiger partial charge in [-0.25, -0.2) is 9.37 Å². The predicted octanol–water partition coefficient (Wildman–Crippen LogP) is 2.52. The van der Waals surface area contributed by atoms with Gasteiger partial charge in [-0.1, -0.05) is 24.3 Å². The number of hydrogen-bond acceptors (Lipinski definition) is 1. The van der Waals surface area contributed by atoms with Crippen molar-refractivity contribution in [1.29, 1.82) is 0 Å². The van der Waals surface area contributed by atoms with E-state index in [1.165, 1.54) is 12.3 Å². The second-order valence-corrected chi connectivity index (χ2v) is 2.12. The molecule has 0 aliphatic heterocycles. The van der Waals surface area contributed by atoms with E-state index in [4.69, 9.17) is 11.6 Å². The van der Waals surface area contributed by atoms with Crippen molar-refractivity contribution in [3.63, 3.8) is 0 Å². The average molecular weight is 158 g/mol. The van der Waals surface area contributed by atoms with E-state index in [2.05, 4.69) is 11.6 Å². The Morgan fingerprint density at radius 3 is 2.90 bits per heavy atom. The molecule has 0 saturated heterocycles. The molecule has 0 aliphatic rings. The van der Waals surface area contributed by atoms with Crippen LogP contribution in [0.2, 0.25) is 5.15 Å². The summed E-state index contributed by atoms with van der Waals surface area (Å²) in [7, 11) is 0. The first-order valence-corrected chi connectivity index (χ1v) is 3.05. The Bertz CT molecular complexity index is 260. The molecular weight excluding hydrogens is 153 g/mol. The van der Waals surface area contributed by atoms with E-state index in [1.807, 2.05) is 0 Å². The van der Waals surface area contributed by atoms with Crippen LogP contribution in [0.25, 0.3) is 6.08 Å². The lowest BCUT2D eigenvalue weighted by molar-refractivity contribution is 0.623. The molecule has 0 bridgehead atoms. The molecule has 0 saturated carbocycles. The Morgan fingerprint density at radius 2 is 2.40 bits per heavy atom. The first kappa shape index (κ1) is 7.22. The third-order valence-electron chi connectivity index (χ3n) is 1.07. The highest BCUT2D eigenvalue weighted by Crippen LogP contribution is 2.11. The van der Waals surface area contributed by atoms with Gasteiger partial charge in [0.2, 0.25) is 0 Å². The molecule has 1 aromatic rings. The van der Waals surface area contributed by atoms with E-state index in [0.29, 0.717) is 5.56 Å². The standard InChI is InChI=1S/C7H5ClFN/c1-2-5-4-10-7(8)3-6(5)9/h2-4H,1H2. The van der Waals surface area contributed by atoms with Crippen LogP contribution in [0.3, 0.4) is 0 Å². The van der Waals surface area contributed by atoms with E-state index >= 15 is 0 Å². The maximum atomic E-state index is 12.7. The highest BCUT2D eigenvalue weighted by atomic mass is 35.5. The van der Waals surface area contributed by atoms with Gasteiger partial charge in [-0.2, -0.15) is 0 Å². The molecule has 0 fully saturated rings. The van der Waals surface area contributed by atoms with E-state index in [9.17, 15) is 4.39 Å². The van der Waals surface area contributed by atoms with Crippen molar-refractivity contribution in [3.8, 4) is 0 Å². The molecule has 1 nitrogen and oxygen atoms in total. The molecule has 1 aromatic heterocycles. The van der Waals surface area contributed by atoms with E-state index in [1.54, 1.807) is 0 Å². The van der Waals surface area contributed by atoms with Crippen molar-refractivity contribution in [2.75, 3.05) is 0 Å². The van der Waals surface area contributed by atoms with Gasteiger partial charge in [-0.05, 0) is 0 Å². The lowest BCUT2D eigenvalue weighted by Crippen LogP contribution is -1.83. The number of aromatic nitrogens is 1. The van der Waals surface area contributed by atoms with Crippen molar-refractivity contribution in [3.05, 3.63) is 35.4 Å². The second kappa shape index (κ2) is 2.80. The number of pyridine rings is 1. The monoisotopic (exact) mass is 157 g/mol. The summed E-state index contributed by atoms with van der Waals surface area (Å²) < 4.78 is 12.7. The molecule has 0 aliphatic carbocycles. The minimum Gasteiger partial charge on any atom is -0.244 e. The fourth-order valence-electron chi connectivity index (χ4n) is 0.568. The van der Waals surface area contributed by atoms with Gasteiger partial charge in [0, 0.05) is 17.8 Å². The lowest BCUT2D eigenvalue weighted by atomic mass is 10.3. The second-order valence-electron chi connectivity index (χ2n) is 1.73. The lowest BCUT2D eigenvalue weighted by Gasteiger charge is -1.93. The number of hydrogen-bond donors (Lipinski definition) is 0. The quantitative estimate of drug-likeness (QED) is 0.571. The van der Waals surface area contributed by atoms with Crippen LogP contribution in [0.4, 0.5) is 4.39 Å². The van der Waals surface area contributed by atoms with Gasteiger partial charge in [0.15, 0.2) is 0 Å². The summed E-state index contributed by atoms with van der Waals surface area (Å²) >= 11 is 5.39. The van der Waals surface area contributed by atoms with Crippen molar-refractivity contribution in [2.45, 2.75) is 0 Å². The van der Waals surface area contributed by atoms with Crippen LogP contribution in [0.5, 0.6) is 0 Å². The molecule has 1 rings (SSSR count). The van der Waals surface area contributed by atoms with Gasteiger partial charge in [0.05, 0.1) is 0 Å². The average Bonchev–Trinajstić information content (AvgIpc) is 1.88. The van der Waals surface area contributed by atoms with Crippen molar-refractivity contribution in [2.24, 2.45) is 0 Å². The van der Waals surface area contributed by atoms with Gasteiger partial charge in [-0.15, -0.1) is 0 Å². The van der Waals surface area contributed by atoms with Gasteiger partial charge < -0.3 is 0 Å². The zero-order valence-corrected chi connectivity index (χ0v) is 5.90. The molecule has 0 spiro atoms. The fourth-order valence-corrected chi connectivity index (χ4v) is 0.713. The summed E-state index contributed by atoms with van der Waals surface area (Å²) in [5.41, 5.74) is 0.365. The van der Waals surface area contributed by atoms with E-state index in [-0.39, 0.29) is 5.15 Å². The smallest absolute Gasteiger partial charge is 0.135 e. The normalized spacial score (nSPS) is 9.40. The number of halogens is 2. The molecule has 3 heteroatoms. The third kappa shape index (κ3) is 1.33. The van der Waals surface area contributed by atoms with Gasteiger partial charge in [-0.3, -0.25) is 0 Å². The topological polar surface area (TPSA) is 12.9 Å². The number of nitrogens with zero attached hydrogens (tertiary/aromatic N) is 1. The summed E-state index contributed by atoms with van der Waals surface area (Å²) in [6.07, 6.45) is 2.73. The van der Waals surface area contributed by atoms with Crippen LogP contribution in [-0.2, 0) is 0 Å². The Morgan fingerprint density at radius 1 is 1.70 bits per heavy atom. The Kier molecular flexibility index (Phi) is 2.02. The van der Waals surface area contributed by atoms with Crippen molar-refractivity contribution in [1.82, 2.24) is 4.98 Å². The molecule has 0 atom stereocenters. The van der Waals surface area contributed by atoms with Crippen molar-refractivity contribution < 1.29 is 4.39 Å². The molecule has 0 radical (unpaired) electrons. The highest BCUT2D eigenvalue weighted by molar-refractivity contribution is 6.29. The first-order chi connectivity index (χ1) is 4.74. The zero-order chi connectivity index (χ0) is 7.56. The zero-order valence-electron chi connectivity index (χ0n) is 5.14. The van der Waals surface area contributed by atoms with Crippen LogP contribution in [0.15, 0.2) is 18.8 Å². The summed E-state index contributed by atoms with van der Waals surface area (Å²) in [4.78, 5) is 3.66. The molecular formula is C7H5ClFN. The summed E-state index contributed by atoms with van der Waals surface area (Å²) in [6, 6.07) is 1.15. The van der Waals surface area contributed by atoms with Crippen molar-refractivity contribution >= 4 is 17.7 Å². The fraction of sp³-hybridized carbons (Fsp3) is 0. The minimum atomic E-state index is -0.394. The molecule has 52 valence electrons. The maximum absolute atomic E-state index is 12.7. The summed E-state index contributed by atoms with van der Waals surface area (Å²) in [6.45, 7) is 3.40. The molecule has 0 unspecified atom stereocenters. The third-order valence-corrected chi connectivity index (χ3v) is 1.28. The highest BCUT2D eigenvalue weighted by Gasteiger charge is 1.97. The molecule has 0 aromatic carbocycles. The molecule has 0 N–H and O–H groups in total. The van der Waals surface area contributed by atoms with E-state index in [0.717, 1.165) is 6.07 Å². The first-order valence-electron chi connectivity index (χ1n) is 2.67. The molecule has 0 amide bonds. The Labute approximate surface area is 63.2 Å². The largest absolute Gasteiger partial charge is 0.244 e. The van der Waals surface area contributed by atoms with Crippen LogP contribution in [-0.4, -0.2) is 4.98 Å². The van der Waals surface area contributed by atoms with Crippen LogP contribution < -0.4 is 0 Å². The Balaban J connectivity index is 3.19. The van der Waals surface area contributed by atoms with Gasteiger partial charge >= 0.3 is 0 Å². The van der Waals surface area contributed by atoms with E-state index < -0.39 is 5.82 Å². The minimum absolute atomic E-state index is 0.156. The van der Waals surface area contributed by atoms with Gasteiger partial charge in [0.1, 0.15) is 11.0 Å². The predicted molar refractivity (Wildman–Crippen MR) is 39.3 cm³/mol.